The van der Waals surface area contributed by atoms with Gasteiger partial charge < -0.3 is 9.80 Å². The van der Waals surface area contributed by atoms with Crippen LogP contribution in [0.15, 0.2) is 65.5 Å². The Balaban J connectivity index is 1.46. The number of carbonyl (C=O) groups is 1. The van der Waals surface area contributed by atoms with Crippen LogP contribution in [0, 0.1) is 13.8 Å². The van der Waals surface area contributed by atoms with Gasteiger partial charge in [-0.1, -0.05) is 35.9 Å². The molecular weight excluding hydrogens is 376 g/mol. The Labute approximate surface area is 176 Å². The fraction of sp³-hybridized carbons (Fsp3) is 0.292. The van der Waals surface area contributed by atoms with Gasteiger partial charge in [-0.2, -0.15) is 5.10 Å². The van der Waals surface area contributed by atoms with Gasteiger partial charge in [-0.25, -0.2) is 4.68 Å². The molecule has 0 aliphatic carbocycles. The van der Waals surface area contributed by atoms with E-state index in [2.05, 4.69) is 28.2 Å². The molecule has 1 aliphatic heterocycles. The van der Waals surface area contributed by atoms with Crippen molar-refractivity contribution in [1.82, 2.24) is 14.7 Å². The van der Waals surface area contributed by atoms with Crippen molar-refractivity contribution in [2.45, 2.75) is 20.4 Å². The van der Waals surface area contributed by atoms with Gasteiger partial charge in [0.25, 0.3) is 5.56 Å². The highest BCUT2D eigenvalue weighted by Crippen LogP contribution is 2.22. The lowest BCUT2D eigenvalue weighted by Gasteiger charge is -2.36. The average molecular weight is 402 g/mol. The number of hydrogen-bond acceptors (Lipinski definition) is 4. The van der Waals surface area contributed by atoms with E-state index >= 15 is 0 Å². The van der Waals surface area contributed by atoms with Crippen molar-refractivity contribution in [3.05, 3.63) is 82.1 Å². The summed E-state index contributed by atoms with van der Waals surface area (Å²) in [5.74, 6) is -0.0737. The molecule has 1 amide bonds. The molecule has 0 radical (unpaired) electrons. The van der Waals surface area contributed by atoms with E-state index in [1.54, 1.807) is 6.07 Å². The summed E-state index contributed by atoms with van der Waals surface area (Å²) >= 11 is 0. The third kappa shape index (κ3) is 4.27. The Morgan fingerprint density at radius 3 is 2.40 bits per heavy atom. The average Bonchev–Trinajstić information content (AvgIpc) is 2.77. The SMILES string of the molecule is Cc1ccc(C)c(-c2ccc(=O)n(CC(=O)N3CCN(c4ccccc4)CC3)n2)c1. The second-order valence-electron chi connectivity index (χ2n) is 7.74. The minimum absolute atomic E-state index is 0.0388. The van der Waals surface area contributed by atoms with Crippen LogP contribution in [0.2, 0.25) is 0 Å². The molecule has 0 saturated carbocycles. The normalized spacial score (nSPS) is 14.1. The topological polar surface area (TPSA) is 58.4 Å². The predicted molar refractivity (Wildman–Crippen MR) is 119 cm³/mol. The molecule has 30 heavy (non-hydrogen) atoms. The van der Waals surface area contributed by atoms with Crippen LogP contribution in [0.1, 0.15) is 11.1 Å². The highest BCUT2D eigenvalue weighted by atomic mass is 16.2. The van der Waals surface area contributed by atoms with Gasteiger partial charge in [-0.15, -0.1) is 0 Å². The van der Waals surface area contributed by atoms with E-state index in [0.717, 1.165) is 29.8 Å². The third-order valence-electron chi connectivity index (χ3n) is 5.57. The maximum Gasteiger partial charge on any atom is 0.267 e. The number of anilines is 1. The van der Waals surface area contributed by atoms with E-state index in [0.29, 0.717) is 18.8 Å². The third-order valence-corrected chi connectivity index (χ3v) is 5.57. The molecule has 2 heterocycles. The smallest absolute Gasteiger partial charge is 0.267 e. The summed E-state index contributed by atoms with van der Waals surface area (Å²) in [7, 11) is 0. The Morgan fingerprint density at radius 2 is 1.67 bits per heavy atom. The second kappa shape index (κ2) is 8.53. The predicted octanol–water partition coefficient (Wildman–Crippen LogP) is 2.88. The van der Waals surface area contributed by atoms with Gasteiger partial charge in [-0.3, -0.25) is 9.59 Å². The van der Waals surface area contributed by atoms with Gasteiger partial charge in [0, 0.05) is 43.5 Å². The largest absolute Gasteiger partial charge is 0.368 e. The fourth-order valence-corrected chi connectivity index (χ4v) is 3.80. The number of aromatic nitrogens is 2. The zero-order valence-corrected chi connectivity index (χ0v) is 17.4. The zero-order valence-electron chi connectivity index (χ0n) is 17.4. The molecule has 4 rings (SSSR count). The Kier molecular flexibility index (Phi) is 5.65. The lowest BCUT2D eigenvalue weighted by atomic mass is 10.0. The van der Waals surface area contributed by atoms with Gasteiger partial charge >= 0.3 is 0 Å². The van der Waals surface area contributed by atoms with E-state index < -0.39 is 0 Å². The van der Waals surface area contributed by atoms with Crippen molar-refractivity contribution in [2.75, 3.05) is 31.1 Å². The van der Waals surface area contributed by atoms with Crippen LogP contribution in [0.3, 0.4) is 0 Å². The number of hydrogen-bond donors (Lipinski definition) is 0. The summed E-state index contributed by atoms with van der Waals surface area (Å²) in [5, 5.41) is 4.49. The number of para-hydroxylation sites is 1. The molecule has 6 nitrogen and oxygen atoms in total. The first-order chi connectivity index (χ1) is 14.5. The van der Waals surface area contributed by atoms with E-state index in [9.17, 15) is 9.59 Å². The molecule has 1 saturated heterocycles. The van der Waals surface area contributed by atoms with Crippen molar-refractivity contribution >= 4 is 11.6 Å². The van der Waals surface area contributed by atoms with Crippen molar-refractivity contribution in [3.8, 4) is 11.3 Å². The molecule has 154 valence electrons. The number of rotatable bonds is 4. The van der Waals surface area contributed by atoms with Crippen molar-refractivity contribution < 1.29 is 4.79 Å². The Hall–Kier alpha value is -3.41. The van der Waals surface area contributed by atoms with Gasteiger partial charge in [0.15, 0.2) is 0 Å². The summed E-state index contributed by atoms with van der Waals surface area (Å²) in [4.78, 5) is 29.3. The monoisotopic (exact) mass is 402 g/mol. The van der Waals surface area contributed by atoms with Crippen LogP contribution in [0.25, 0.3) is 11.3 Å². The number of aryl methyl sites for hydroxylation is 2. The molecule has 0 bridgehead atoms. The molecule has 0 unspecified atom stereocenters. The zero-order chi connectivity index (χ0) is 21.1. The van der Waals surface area contributed by atoms with E-state index in [-0.39, 0.29) is 18.0 Å². The van der Waals surface area contributed by atoms with Gasteiger partial charge in [0.2, 0.25) is 5.91 Å². The minimum Gasteiger partial charge on any atom is -0.368 e. The molecule has 6 heteroatoms. The molecule has 0 N–H and O–H groups in total. The molecule has 1 aromatic heterocycles. The van der Waals surface area contributed by atoms with Crippen molar-refractivity contribution in [1.29, 1.82) is 0 Å². The lowest BCUT2D eigenvalue weighted by molar-refractivity contribution is -0.132. The molecule has 1 aliphatic rings. The van der Waals surface area contributed by atoms with E-state index in [1.165, 1.54) is 16.4 Å². The number of piperazine rings is 1. The maximum atomic E-state index is 12.8. The number of nitrogens with zero attached hydrogens (tertiary/aromatic N) is 4. The maximum absolute atomic E-state index is 12.8. The summed E-state index contributed by atoms with van der Waals surface area (Å²) in [6.45, 7) is 6.84. The van der Waals surface area contributed by atoms with Crippen molar-refractivity contribution in [2.24, 2.45) is 0 Å². The quantitative estimate of drug-likeness (QED) is 0.673. The highest BCUT2D eigenvalue weighted by molar-refractivity contribution is 5.76. The van der Waals surface area contributed by atoms with Gasteiger partial charge in [0.1, 0.15) is 6.54 Å². The molecule has 0 atom stereocenters. The summed E-state index contributed by atoms with van der Waals surface area (Å²) in [6.07, 6.45) is 0. The summed E-state index contributed by atoms with van der Waals surface area (Å²) in [5.41, 5.74) is 4.80. The van der Waals surface area contributed by atoms with Crippen molar-refractivity contribution in [3.63, 3.8) is 0 Å². The first kappa shape index (κ1) is 19.9. The first-order valence-electron chi connectivity index (χ1n) is 10.2. The fourth-order valence-electron chi connectivity index (χ4n) is 3.80. The van der Waals surface area contributed by atoms with Crippen LogP contribution in [0.5, 0.6) is 0 Å². The molecule has 2 aromatic carbocycles. The van der Waals surface area contributed by atoms with Crippen LogP contribution in [-0.2, 0) is 11.3 Å². The molecule has 3 aromatic rings. The van der Waals surface area contributed by atoms with Crippen LogP contribution < -0.4 is 10.5 Å². The molecular formula is C24H26N4O2. The number of amides is 1. The minimum atomic E-state index is -0.264. The van der Waals surface area contributed by atoms with E-state index in [1.807, 2.05) is 49.1 Å². The van der Waals surface area contributed by atoms with E-state index in [4.69, 9.17) is 0 Å². The Bertz CT molecular complexity index is 1100. The first-order valence-corrected chi connectivity index (χ1v) is 10.2. The number of benzene rings is 2. The highest BCUT2D eigenvalue weighted by Gasteiger charge is 2.22. The summed E-state index contributed by atoms with van der Waals surface area (Å²) < 4.78 is 1.28. The summed E-state index contributed by atoms with van der Waals surface area (Å²) in [6, 6.07) is 19.6. The van der Waals surface area contributed by atoms with Gasteiger partial charge in [-0.05, 0) is 43.7 Å². The number of carbonyl (C=O) groups excluding carboxylic acids is 1. The van der Waals surface area contributed by atoms with Crippen LogP contribution in [0.4, 0.5) is 5.69 Å². The van der Waals surface area contributed by atoms with Crippen LogP contribution in [-0.4, -0.2) is 46.8 Å². The van der Waals surface area contributed by atoms with Gasteiger partial charge in [0.05, 0.1) is 5.69 Å². The lowest BCUT2D eigenvalue weighted by Crippen LogP contribution is -2.50. The molecule has 0 spiro atoms. The Morgan fingerprint density at radius 1 is 0.933 bits per heavy atom. The second-order valence-corrected chi connectivity index (χ2v) is 7.74. The van der Waals surface area contributed by atoms with Crippen LogP contribution >= 0.6 is 0 Å². The standard InChI is InChI=1S/C24H26N4O2/c1-18-8-9-19(2)21(16-18)22-10-11-23(29)28(25-22)17-24(30)27-14-12-26(13-15-27)20-6-4-3-5-7-20/h3-11,16H,12-15,17H2,1-2H3. The molecule has 1 fully saturated rings.